The summed E-state index contributed by atoms with van der Waals surface area (Å²) in [4.78, 5) is 45.2. The number of rotatable bonds is 5. The second-order valence-electron chi connectivity index (χ2n) is 4.75. The minimum Gasteiger partial charge on any atom is -0.456 e. The molecule has 4 atom stereocenters. The lowest BCUT2D eigenvalue weighted by Crippen LogP contribution is -2.62. The van der Waals surface area contributed by atoms with Crippen molar-refractivity contribution in [2.45, 2.75) is 45.3 Å². The van der Waals surface area contributed by atoms with Crippen molar-refractivity contribution in [3.63, 3.8) is 0 Å². The van der Waals surface area contributed by atoms with Gasteiger partial charge in [0.05, 0.1) is 6.61 Å². The predicted octanol–water partition coefficient (Wildman–Crippen LogP) is -0.507. The molecule has 0 aromatic carbocycles. The number of nitrogens with one attached hydrogen (secondary N) is 1. The van der Waals surface area contributed by atoms with Crippen LogP contribution in [0.25, 0.3) is 0 Å². The van der Waals surface area contributed by atoms with Crippen LogP contribution in [-0.4, -0.2) is 60.8 Å². The highest BCUT2D eigenvalue weighted by molar-refractivity contribution is 6.27. The van der Waals surface area contributed by atoms with Crippen molar-refractivity contribution in [1.29, 1.82) is 0 Å². The number of carbonyl (C=O) groups is 4. The number of hydrogen-bond donors (Lipinski definition) is 1. The Morgan fingerprint density at radius 1 is 1.00 bits per heavy atom. The largest absolute Gasteiger partial charge is 0.456 e. The van der Waals surface area contributed by atoms with Crippen molar-refractivity contribution >= 4 is 35.4 Å². The van der Waals surface area contributed by atoms with Crippen LogP contribution in [0.15, 0.2) is 0 Å². The zero-order valence-corrected chi connectivity index (χ0v) is 13.6. The minimum absolute atomic E-state index is 0.164. The van der Waals surface area contributed by atoms with Gasteiger partial charge in [0.2, 0.25) is 5.91 Å². The summed E-state index contributed by atoms with van der Waals surface area (Å²) in [6.45, 7) is 3.30. The second kappa shape index (κ2) is 8.68. The van der Waals surface area contributed by atoms with E-state index in [-0.39, 0.29) is 12.5 Å². The molecule has 1 amide bonds. The SMILES string of the molecule is CC(=O)O[C@H]1[C@H](OC(C)=O)[C@@H](NC(=O)CCl)OC[C@H]1OC(C)=O. The predicted molar refractivity (Wildman–Crippen MR) is 75.3 cm³/mol. The summed E-state index contributed by atoms with van der Waals surface area (Å²) in [5.74, 6) is -2.89. The number of carbonyl (C=O) groups excluding carboxylic acids is 4. The Labute approximate surface area is 137 Å². The zero-order valence-electron chi connectivity index (χ0n) is 12.9. The molecule has 1 saturated heterocycles. The van der Waals surface area contributed by atoms with Crippen LogP contribution in [0.5, 0.6) is 0 Å². The molecule has 0 aromatic heterocycles. The molecule has 1 aliphatic heterocycles. The Morgan fingerprint density at radius 2 is 1.52 bits per heavy atom. The summed E-state index contributed by atoms with van der Waals surface area (Å²) in [7, 11) is 0. The number of alkyl halides is 1. The molecule has 0 aliphatic carbocycles. The third kappa shape index (κ3) is 6.03. The highest BCUT2D eigenvalue weighted by atomic mass is 35.5. The van der Waals surface area contributed by atoms with E-state index in [2.05, 4.69) is 5.32 Å². The Balaban J connectivity index is 3.03. The Hall–Kier alpha value is -1.87. The highest BCUT2D eigenvalue weighted by Gasteiger charge is 2.47. The molecule has 1 heterocycles. The first kappa shape index (κ1) is 19.2. The van der Waals surface area contributed by atoms with Crippen LogP contribution in [0.1, 0.15) is 20.8 Å². The molecule has 0 spiro atoms. The highest BCUT2D eigenvalue weighted by Crippen LogP contribution is 2.23. The van der Waals surface area contributed by atoms with E-state index in [0.717, 1.165) is 13.8 Å². The van der Waals surface area contributed by atoms with E-state index in [4.69, 9.17) is 30.5 Å². The van der Waals surface area contributed by atoms with E-state index < -0.39 is 48.4 Å². The first-order valence-corrected chi connectivity index (χ1v) is 7.26. The summed E-state index contributed by atoms with van der Waals surface area (Å²) in [5, 5.41) is 2.40. The monoisotopic (exact) mass is 351 g/mol. The number of amides is 1. The summed E-state index contributed by atoms with van der Waals surface area (Å²) >= 11 is 5.41. The van der Waals surface area contributed by atoms with E-state index in [1.54, 1.807) is 0 Å². The van der Waals surface area contributed by atoms with E-state index in [0.29, 0.717) is 0 Å². The molecule has 0 radical (unpaired) electrons. The summed E-state index contributed by atoms with van der Waals surface area (Å²) in [6, 6.07) is 0. The summed E-state index contributed by atoms with van der Waals surface area (Å²) in [6.07, 6.45) is -4.40. The molecule has 0 unspecified atom stereocenters. The van der Waals surface area contributed by atoms with Gasteiger partial charge in [0.1, 0.15) is 5.88 Å². The lowest BCUT2D eigenvalue weighted by atomic mass is 10.0. The first-order valence-electron chi connectivity index (χ1n) is 6.73. The average Bonchev–Trinajstić information content (AvgIpc) is 2.43. The maximum absolute atomic E-state index is 11.4. The van der Waals surface area contributed by atoms with Gasteiger partial charge in [0.15, 0.2) is 24.5 Å². The van der Waals surface area contributed by atoms with Gasteiger partial charge in [-0.2, -0.15) is 0 Å². The van der Waals surface area contributed by atoms with E-state index in [9.17, 15) is 19.2 Å². The summed E-state index contributed by atoms with van der Waals surface area (Å²) in [5.41, 5.74) is 0. The van der Waals surface area contributed by atoms with Crippen LogP contribution in [0.3, 0.4) is 0 Å². The van der Waals surface area contributed by atoms with Crippen LogP contribution in [0.4, 0.5) is 0 Å². The lowest BCUT2D eigenvalue weighted by Gasteiger charge is -2.40. The fourth-order valence-corrected chi connectivity index (χ4v) is 2.14. The molecule has 130 valence electrons. The van der Waals surface area contributed by atoms with Gasteiger partial charge in [0, 0.05) is 20.8 Å². The van der Waals surface area contributed by atoms with E-state index in [1.165, 1.54) is 6.92 Å². The molecule has 1 fully saturated rings. The van der Waals surface area contributed by atoms with Crippen molar-refractivity contribution in [3.05, 3.63) is 0 Å². The van der Waals surface area contributed by atoms with Gasteiger partial charge in [-0.15, -0.1) is 11.6 Å². The fraction of sp³-hybridized carbons (Fsp3) is 0.692. The van der Waals surface area contributed by atoms with Crippen molar-refractivity contribution in [3.8, 4) is 0 Å². The molecule has 23 heavy (non-hydrogen) atoms. The van der Waals surface area contributed by atoms with Crippen molar-refractivity contribution in [2.75, 3.05) is 12.5 Å². The average molecular weight is 352 g/mol. The van der Waals surface area contributed by atoms with Crippen LogP contribution in [0.2, 0.25) is 0 Å². The minimum atomic E-state index is -1.19. The molecule has 0 saturated carbocycles. The van der Waals surface area contributed by atoms with Gasteiger partial charge in [-0.3, -0.25) is 19.2 Å². The maximum Gasteiger partial charge on any atom is 0.303 e. The normalized spacial score (nSPS) is 26.8. The first-order chi connectivity index (χ1) is 10.7. The van der Waals surface area contributed by atoms with E-state index in [1.807, 2.05) is 0 Å². The van der Waals surface area contributed by atoms with Gasteiger partial charge >= 0.3 is 17.9 Å². The number of halogens is 1. The van der Waals surface area contributed by atoms with Crippen molar-refractivity contribution in [2.24, 2.45) is 0 Å². The molecule has 1 rings (SSSR count). The van der Waals surface area contributed by atoms with Gasteiger partial charge in [0.25, 0.3) is 0 Å². The van der Waals surface area contributed by atoms with Gasteiger partial charge in [-0.25, -0.2) is 0 Å². The molecule has 10 heteroatoms. The molecular weight excluding hydrogens is 334 g/mol. The molecule has 9 nitrogen and oxygen atoms in total. The quantitative estimate of drug-likeness (QED) is 0.400. The molecular formula is C13H18ClNO8. The molecule has 0 bridgehead atoms. The van der Waals surface area contributed by atoms with Crippen LogP contribution in [0, 0.1) is 0 Å². The number of ether oxygens (including phenoxy) is 4. The van der Waals surface area contributed by atoms with Gasteiger partial charge in [-0.05, 0) is 0 Å². The second-order valence-corrected chi connectivity index (χ2v) is 5.02. The van der Waals surface area contributed by atoms with Crippen molar-refractivity contribution in [1.82, 2.24) is 5.32 Å². The maximum atomic E-state index is 11.4. The topological polar surface area (TPSA) is 117 Å². The van der Waals surface area contributed by atoms with Crippen LogP contribution < -0.4 is 5.32 Å². The third-order valence-electron chi connectivity index (χ3n) is 2.77. The van der Waals surface area contributed by atoms with E-state index >= 15 is 0 Å². The smallest absolute Gasteiger partial charge is 0.303 e. The number of esters is 3. The molecule has 1 N–H and O–H groups in total. The Morgan fingerprint density at radius 3 is 2.00 bits per heavy atom. The van der Waals surface area contributed by atoms with Crippen LogP contribution in [-0.2, 0) is 38.1 Å². The van der Waals surface area contributed by atoms with Gasteiger partial charge in [-0.1, -0.05) is 0 Å². The zero-order chi connectivity index (χ0) is 17.6. The molecule has 0 aromatic rings. The third-order valence-corrected chi connectivity index (χ3v) is 3.02. The van der Waals surface area contributed by atoms with Crippen LogP contribution >= 0.6 is 11.6 Å². The summed E-state index contributed by atoms with van der Waals surface area (Å²) < 4.78 is 20.6. The molecule has 1 aliphatic rings. The lowest BCUT2D eigenvalue weighted by molar-refractivity contribution is -0.229. The van der Waals surface area contributed by atoms with Gasteiger partial charge < -0.3 is 24.3 Å². The Bertz CT molecular complexity index is 483. The van der Waals surface area contributed by atoms with Crippen molar-refractivity contribution < 1.29 is 38.1 Å². The fourth-order valence-electron chi connectivity index (χ4n) is 2.06. The Kier molecular flexibility index (Phi) is 7.24. The standard InChI is InChI=1S/C13H18ClNO8/c1-6(16)21-9-5-20-13(15-10(19)4-14)12(23-8(3)18)11(9)22-7(2)17/h9,11-13H,4-5H2,1-3H3,(H,15,19)/t9-,11-,12+,13+/m1/s1. The number of hydrogen-bond acceptors (Lipinski definition) is 8.